The number of hydrogen-bond donors (Lipinski definition) is 3. The molecule has 216 valence electrons. The average Bonchev–Trinajstić information content (AvgIpc) is 2.94. The fraction of sp³-hybridized carbons (Fsp3) is 0.483. The highest BCUT2D eigenvalue weighted by molar-refractivity contribution is 5.91. The Balaban J connectivity index is 1.59. The van der Waals surface area contributed by atoms with Gasteiger partial charge in [-0.2, -0.15) is 0 Å². The lowest BCUT2D eigenvalue weighted by atomic mass is 10.0. The van der Waals surface area contributed by atoms with Gasteiger partial charge >= 0.3 is 12.1 Å². The lowest BCUT2D eigenvalue weighted by Gasteiger charge is -2.35. The number of ether oxygens (including phenoxy) is 2. The van der Waals surface area contributed by atoms with Crippen molar-refractivity contribution in [2.24, 2.45) is 5.92 Å². The second-order valence-electron chi connectivity index (χ2n) is 10.1. The molecule has 1 saturated heterocycles. The summed E-state index contributed by atoms with van der Waals surface area (Å²) in [6.45, 7) is 12.9. The van der Waals surface area contributed by atoms with Crippen LogP contribution in [-0.2, 0) is 23.9 Å². The molecule has 3 amide bonds. The van der Waals surface area contributed by atoms with Gasteiger partial charge < -0.3 is 20.1 Å². The van der Waals surface area contributed by atoms with Crippen molar-refractivity contribution < 1.29 is 28.7 Å². The number of hydrazine groups is 1. The zero-order valence-electron chi connectivity index (χ0n) is 23.7. The molecular formula is C29H39N5O6. The lowest BCUT2D eigenvalue weighted by molar-refractivity contribution is -0.157. The topological polar surface area (TPSA) is 139 Å². The van der Waals surface area contributed by atoms with E-state index >= 15 is 0 Å². The third-order valence-electron chi connectivity index (χ3n) is 6.70. The Morgan fingerprint density at radius 1 is 1.15 bits per heavy atom. The maximum atomic E-state index is 13.1. The number of hydrogen-bond acceptors (Lipinski definition) is 8. The van der Waals surface area contributed by atoms with Crippen LogP contribution >= 0.6 is 0 Å². The molecule has 4 unspecified atom stereocenters. The molecular weight excluding hydrogens is 514 g/mol. The monoisotopic (exact) mass is 553 g/mol. The minimum Gasteiger partial charge on any atom is -0.457 e. The van der Waals surface area contributed by atoms with Crippen LogP contribution in [0.3, 0.4) is 0 Å². The number of esters is 1. The number of fused-ring (bicyclic) bond motifs is 1. The van der Waals surface area contributed by atoms with Gasteiger partial charge in [0, 0.05) is 18.1 Å². The second kappa shape index (κ2) is 13.9. The zero-order chi connectivity index (χ0) is 29.4. The van der Waals surface area contributed by atoms with Crippen molar-refractivity contribution in [1.82, 2.24) is 26.1 Å². The average molecular weight is 554 g/mol. The fourth-order valence-electron chi connectivity index (χ4n) is 4.41. The molecule has 0 saturated carbocycles. The SMILES string of the molecule is C=Cc1cc2cc(C(C)OC(=O)C3CCCN(C(=O)C(C)NC(=O)C(NC(=O)OCC)C(C)C)N3)ccc2cn1. The molecule has 0 aliphatic carbocycles. The highest BCUT2D eigenvalue weighted by Gasteiger charge is 2.33. The van der Waals surface area contributed by atoms with Gasteiger partial charge in [0.05, 0.1) is 12.3 Å². The Hall–Kier alpha value is -3.99. The minimum absolute atomic E-state index is 0.173. The smallest absolute Gasteiger partial charge is 0.407 e. The van der Waals surface area contributed by atoms with E-state index in [0.717, 1.165) is 22.0 Å². The van der Waals surface area contributed by atoms with Crippen molar-refractivity contribution >= 4 is 40.7 Å². The van der Waals surface area contributed by atoms with Crippen molar-refractivity contribution in [2.45, 2.75) is 71.7 Å². The van der Waals surface area contributed by atoms with Gasteiger partial charge in [-0.15, -0.1) is 0 Å². The molecule has 3 N–H and O–H groups in total. The highest BCUT2D eigenvalue weighted by atomic mass is 16.5. The Kier molecular flexibility index (Phi) is 10.6. The molecule has 1 aromatic heterocycles. The third-order valence-corrected chi connectivity index (χ3v) is 6.70. The molecule has 4 atom stereocenters. The molecule has 1 aliphatic heterocycles. The molecule has 0 radical (unpaired) electrons. The van der Waals surface area contributed by atoms with Crippen molar-refractivity contribution in [1.29, 1.82) is 0 Å². The molecule has 1 aliphatic rings. The highest BCUT2D eigenvalue weighted by Crippen LogP contribution is 2.24. The number of carbonyl (C=O) groups is 4. The molecule has 11 heteroatoms. The number of amides is 3. The summed E-state index contributed by atoms with van der Waals surface area (Å²) in [6.07, 6.45) is 3.32. The van der Waals surface area contributed by atoms with Crippen LogP contribution in [0.25, 0.3) is 16.8 Å². The van der Waals surface area contributed by atoms with Crippen LogP contribution in [0.4, 0.5) is 4.79 Å². The number of nitrogens with zero attached hydrogens (tertiary/aromatic N) is 2. The summed E-state index contributed by atoms with van der Waals surface area (Å²) in [5.41, 5.74) is 4.55. The van der Waals surface area contributed by atoms with Crippen LogP contribution in [0.2, 0.25) is 0 Å². The number of alkyl carbamates (subject to hydrolysis) is 1. The molecule has 1 aromatic carbocycles. The number of pyridine rings is 1. The summed E-state index contributed by atoms with van der Waals surface area (Å²) in [5, 5.41) is 8.46. The van der Waals surface area contributed by atoms with Crippen LogP contribution in [0, 0.1) is 5.92 Å². The summed E-state index contributed by atoms with van der Waals surface area (Å²) in [7, 11) is 0. The first-order valence-electron chi connectivity index (χ1n) is 13.6. The van der Waals surface area contributed by atoms with Crippen molar-refractivity contribution in [3.63, 3.8) is 0 Å². The largest absolute Gasteiger partial charge is 0.457 e. The minimum atomic E-state index is -0.897. The summed E-state index contributed by atoms with van der Waals surface area (Å²) >= 11 is 0. The van der Waals surface area contributed by atoms with Crippen LogP contribution in [-0.4, -0.2) is 65.1 Å². The van der Waals surface area contributed by atoms with Crippen molar-refractivity contribution in [3.05, 3.63) is 48.3 Å². The van der Waals surface area contributed by atoms with Gasteiger partial charge in [-0.3, -0.25) is 24.4 Å². The van der Waals surface area contributed by atoms with E-state index < -0.39 is 48.1 Å². The first kappa shape index (κ1) is 30.6. The van der Waals surface area contributed by atoms with Crippen LogP contribution in [0.15, 0.2) is 37.0 Å². The zero-order valence-corrected chi connectivity index (χ0v) is 23.7. The van der Waals surface area contributed by atoms with Gasteiger partial charge in [-0.25, -0.2) is 10.2 Å². The normalized spacial score (nSPS) is 17.4. The van der Waals surface area contributed by atoms with E-state index in [1.165, 1.54) is 5.01 Å². The first-order valence-corrected chi connectivity index (χ1v) is 13.6. The second-order valence-corrected chi connectivity index (χ2v) is 10.1. The Bertz CT molecular complexity index is 1250. The van der Waals surface area contributed by atoms with Crippen LogP contribution in [0.1, 0.15) is 64.8 Å². The quantitative estimate of drug-likeness (QED) is 0.381. The molecule has 11 nitrogen and oxygen atoms in total. The van der Waals surface area contributed by atoms with E-state index in [1.807, 2.05) is 24.3 Å². The molecule has 0 bridgehead atoms. The van der Waals surface area contributed by atoms with Crippen molar-refractivity contribution in [3.8, 4) is 0 Å². The number of benzene rings is 1. The number of carbonyl (C=O) groups excluding carboxylic acids is 4. The van der Waals surface area contributed by atoms with E-state index in [9.17, 15) is 19.2 Å². The molecule has 3 rings (SSSR count). The maximum Gasteiger partial charge on any atom is 0.407 e. The summed E-state index contributed by atoms with van der Waals surface area (Å²) in [6, 6.07) is 5.21. The molecule has 40 heavy (non-hydrogen) atoms. The van der Waals surface area contributed by atoms with Gasteiger partial charge in [0.2, 0.25) is 5.91 Å². The van der Waals surface area contributed by atoms with Gasteiger partial charge in [0.1, 0.15) is 24.2 Å². The lowest BCUT2D eigenvalue weighted by Crippen LogP contribution is -2.61. The van der Waals surface area contributed by atoms with Gasteiger partial charge in [0.25, 0.3) is 5.91 Å². The molecule has 0 spiro atoms. The molecule has 2 aromatic rings. The Labute approximate surface area is 234 Å². The Morgan fingerprint density at radius 3 is 2.58 bits per heavy atom. The summed E-state index contributed by atoms with van der Waals surface area (Å²) < 4.78 is 10.6. The number of aromatic nitrogens is 1. The molecule has 1 fully saturated rings. The standard InChI is InChI=1S/C29H39N5O6/c1-7-23-15-22-14-20(11-12-21(22)16-30-23)19(6)40-28(37)24-10-9-13-34(33-24)27(36)18(5)31-26(35)25(17(3)4)32-29(38)39-8-2/h7,11-12,14-19,24-25,33H,1,8-10,13H2,2-6H3,(H,31,35)(H,32,38). The van der Waals surface area contributed by atoms with E-state index in [0.29, 0.717) is 19.4 Å². The fourth-order valence-corrected chi connectivity index (χ4v) is 4.41. The van der Waals surface area contributed by atoms with Gasteiger partial charge in [-0.05, 0) is 68.7 Å². The first-order chi connectivity index (χ1) is 19.0. The summed E-state index contributed by atoms with van der Waals surface area (Å²) in [5.74, 6) is -1.61. The van der Waals surface area contributed by atoms with E-state index in [1.54, 1.807) is 46.9 Å². The van der Waals surface area contributed by atoms with Crippen LogP contribution in [0.5, 0.6) is 0 Å². The molecule has 2 heterocycles. The van der Waals surface area contributed by atoms with Gasteiger partial charge in [0.15, 0.2) is 0 Å². The predicted molar refractivity (Wildman–Crippen MR) is 151 cm³/mol. The number of nitrogens with one attached hydrogen (secondary N) is 3. The maximum absolute atomic E-state index is 13.1. The van der Waals surface area contributed by atoms with E-state index in [4.69, 9.17) is 9.47 Å². The van der Waals surface area contributed by atoms with E-state index in [2.05, 4.69) is 27.6 Å². The van der Waals surface area contributed by atoms with Gasteiger partial charge in [-0.1, -0.05) is 32.6 Å². The third kappa shape index (κ3) is 7.78. The number of rotatable bonds is 10. The van der Waals surface area contributed by atoms with Crippen molar-refractivity contribution in [2.75, 3.05) is 13.2 Å². The Morgan fingerprint density at radius 2 is 1.90 bits per heavy atom. The summed E-state index contributed by atoms with van der Waals surface area (Å²) in [4.78, 5) is 55.1. The van der Waals surface area contributed by atoms with E-state index in [-0.39, 0.29) is 12.5 Å². The van der Waals surface area contributed by atoms with Crippen LogP contribution < -0.4 is 16.1 Å². The predicted octanol–water partition coefficient (Wildman–Crippen LogP) is 3.25.